The van der Waals surface area contributed by atoms with Crippen molar-refractivity contribution in [1.29, 1.82) is 0 Å². The van der Waals surface area contributed by atoms with Gasteiger partial charge in [0.05, 0.1) is 4.47 Å². The van der Waals surface area contributed by atoms with E-state index in [0.29, 0.717) is 10.5 Å². The molecule has 0 spiro atoms. The van der Waals surface area contributed by atoms with Crippen molar-refractivity contribution >= 4 is 15.9 Å². The molecule has 20 heavy (non-hydrogen) atoms. The number of benzene rings is 1. The molecule has 1 aromatic carbocycles. The zero-order chi connectivity index (χ0) is 13.9. The molecule has 3 saturated carbocycles. The van der Waals surface area contributed by atoms with Gasteiger partial charge in [-0.1, -0.05) is 12.1 Å². The molecule has 0 aromatic heterocycles. The Labute approximate surface area is 128 Å². The van der Waals surface area contributed by atoms with Crippen LogP contribution in [0.15, 0.2) is 22.7 Å². The molecule has 3 fully saturated rings. The van der Waals surface area contributed by atoms with Crippen LogP contribution >= 0.6 is 15.9 Å². The molecule has 1 N–H and O–H groups in total. The largest absolute Gasteiger partial charge is 0.316 e. The second kappa shape index (κ2) is 4.81. The van der Waals surface area contributed by atoms with Gasteiger partial charge in [-0.3, -0.25) is 0 Å². The van der Waals surface area contributed by atoms with E-state index in [1.54, 1.807) is 0 Å². The van der Waals surface area contributed by atoms with Crippen molar-refractivity contribution in [3.05, 3.63) is 34.1 Å². The molecule has 3 aliphatic carbocycles. The van der Waals surface area contributed by atoms with Gasteiger partial charge in [0.2, 0.25) is 0 Å². The van der Waals surface area contributed by atoms with Gasteiger partial charge in [0.25, 0.3) is 0 Å². The number of nitrogens with one attached hydrogen (secondary N) is 1. The molecule has 2 bridgehead atoms. The number of likely N-dealkylation sites (N-methyl/N-ethyl adjacent to an activating group) is 1. The molecule has 0 radical (unpaired) electrons. The van der Waals surface area contributed by atoms with E-state index in [9.17, 15) is 4.39 Å². The van der Waals surface area contributed by atoms with E-state index < -0.39 is 0 Å². The second-order valence-corrected chi connectivity index (χ2v) is 7.67. The monoisotopic (exact) mass is 337 g/mol. The SMILES string of the molecule is CNC(Cc1cccc(F)c1Br)C1C2C3CCC(C3)C21. The van der Waals surface area contributed by atoms with E-state index in [4.69, 9.17) is 0 Å². The molecule has 108 valence electrons. The lowest BCUT2D eigenvalue weighted by Crippen LogP contribution is -2.32. The lowest BCUT2D eigenvalue weighted by molar-refractivity contribution is 0.376. The van der Waals surface area contributed by atoms with E-state index in [0.717, 1.165) is 41.6 Å². The highest BCUT2D eigenvalue weighted by Gasteiger charge is 2.66. The Hall–Kier alpha value is -0.410. The molecule has 3 aliphatic rings. The smallest absolute Gasteiger partial charge is 0.137 e. The first-order valence-electron chi connectivity index (χ1n) is 7.81. The van der Waals surface area contributed by atoms with Gasteiger partial charge in [-0.05, 0) is 89.9 Å². The number of fused-ring (bicyclic) bond motifs is 5. The highest BCUT2D eigenvalue weighted by atomic mass is 79.9. The molecule has 1 nitrogen and oxygen atoms in total. The van der Waals surface area contributed by atoms with Crippen LogP contribution in [-0.2, 0) is 6.42 Å². The summed E-state index contributed by atoms with van der Waals surface area (Å²) in [5.74, 6) is 4.63. The summed E-state index contributed by atoms with van der Waals surface area (Å²) >= 11 is 3.40. The van der Waals surface area contributed by atoms with Crippen LogP contribution in [0.2, 0.25) is 0 Å². The van der Waals surface area contributed by atoms with Gasteiger partial charge in [0, 0.05) is 6.04 Å². The van der Waals surface area contributed by atoms with Gasteiger partial charge < -0.3 is 5.32 Å². The van der Waals surface area contributed by atoms with Crippen LogP contribution in [-0.4, -0.2) is 13.1 Å². The van der Waals surface area contributed by atoms with Crippen LogP contribution in [0.5, 0.6) is 0 Å². The van der Waals surface area contributed by atoms with E-state index in [1.807, 2.05) is 12.1 Å². The van der Waals surface area contributed by atoms with Crippen molar-refractivity contribution in [2.24, 2.45) is 29.6 Å². The summed E-state index contributed by atoms with van der Waals surface area (Å²) in [4.78, 5) is 0. The highest BCUT2D eigenvalue weighted by Crippen LogP contribution is 2.70. The van der Waals surface area contributed by atoms with Crippen molar-refractivity contribution in [3.63, 3.8) is 0 Å². The summed E-state index contributed by atoms with van der Waals surface area (Å²) in [7, 11) is 2.06. The second-order valence-electron chi connectivity index (χ2n) is 6.88. The molecular weight excluding hydrogens is 317 g/mol. The lowest BCUT2D eigenvalue weighted by Gasteiger charge is -2.21. The summed E-state index contributed by atoms with van der Waals surface area (Å²) < 4.78 is 14.3. The fourth-order valence-corrected chi connectivity index (χ4v) is 5.73. The molecule has 4 rings (SSSR count). The minimum Gasteiger partial charge on any atom is -0.316 e. The topological polar surface area (TPSA) is 12.0 Å². The first-order valence-corrected chi connectivity index (χ1v) is 8.60. The average Bonchev–Trinajstić information content (AvgIpc) is 2.88. The maximum absolute atomic E-state index is 13.6. The number of rotatable bonds is 4. The third kappa shape index (κ3) is 1.89. The Kier molecular flexibility index (Phi) is 3.19. The van der Waals surface area contributed by atoms with E-state index in [2.05, 4.69) is 28.3 Å². The van der Waals surface area contributed by atoms with Crippen LogP contribution in [0, 0.1) is 35.4 Å². The van der Waals surface area contributed by atoms with Crippen molar-refractivity contribution < 1.29 is 4.39 Å². The molecule has 0 heterocycles. The van der Waals surface area contributed by atoms with Gasteiger partial charge in [0.1, 0.15) is 5.82 Å². The van der Waals surface area contributed by atoms with Crippen LogP contribution in [0.4, 0.5) is 4.39 Å². The molecule has 5 atom stereocenters. The van der Waals surface area contributed by atoms with Crippen molar-refractivity contribution in [3.8, 4) is 0 Å². The third-order valence-electron chi connectivity index (χ3n) is 6.10. The quantitative estimate of drug-likeness (QED) is 0.875. The molecule has 0 amide bonds. The maximum Gasteiger partial charge on any atom is 0.137 e. The summed E-state index contributed by atoms with van der Waals surface area (Å²) in [5, 5.41) is 3.51. The molecule has 1 aromatic rings. The molecule has 0 saturated heterocycles. The van der Waals surface area contributed by atoms with Crippen LogP contribution in [0.25, 0.3) is 0 Å². The van der Waals surface area contributed by atoms with Crippen LogP contribution in [0.3, 0.4) is 0 Å². The van der Waals surface area contributed by atoms with Gasteiger partial charge >= 0.3 is 0 Å². The maximum atomic E-state index is 13.6. The Morgan fingerprint density at radius 1 is 1.30 bits per heavy atom. The Morgan fingerprint density at radius 3 is 2.65 bits per heavy atom. The Bertz CT molecular complexity index is 516. The van der Waals surface area contributed by atoms with Gasteiger partial charge in [-0.15, -0.1) is 0 Å². The fourth-order valence-electron chi connectivity index (χ4n) is 5.30. The average molecular weight is 338 g/mol. The molecule has 3 heteroatoms. The summed E-state index contributed by atoms with van der Waals surface area (Å²) in [6, 6.07) is 5.89. The van der Waals surface area contributed by atoms with Crippen molar-refractivity contribution in [2.75, 3.05) is 7.05 Å². The summed E-state index contributed by atoms with van der Waals surface area (Å²) in [6.45, 7) is 0. The van der Waals surface area contributed by atoms with Crippen molar-refractivity contribution in [2.45, 2.75) is 31.7 Å². The summed E-state index contributed by atoms with van der Waals surface area (Å²) in [6.07, 6.45) is 5.35. The minimum absolute atomic E-state index is 0.145. The molecule has 0 aliphatic heterocycles. The van der Waals surface area contributed by atoms with Gasteiger partial charge in [0.15, 0.2) is 0 Å². The van der Waals surface area contributed by atoms with E-state index >= 15 is 0 Å². The van der Waals surface area contributed by atoms with Crippen LogP contribution < -0.4 is 5.32 Å². The van der Waals surface area contributed by atoms with E-state index in [-0.39, 0.29) is 5.82 Å². The van der Waals surface area contributed by atoms with Gasteiger partial charge in [-0.2, -0.15) is 0 Å². The first-order chi connectivity index (χ1) is 9.70. The first kappa shape index (κ1) is 13.3. The van der Waals surface area contributed by atoms with Gasteiger partial charge in [-0.25, -0.2) is 4.39 Å². The molecular formula is C17H21BrFN. The predicted molar refractivity (Wildman–Crippen MR) is 82.0 cm³/mol. The summed E-state index contributed by atoms with van der Waals surface area (Å²) in [5.41, 5.74) is 1.10. The number of hydrogen-bond donors (Lipinski definition) is 1. The normalized spacial score (nSPS) is 38.9. The lowest BCUT2D eigenvalue weighted by atomic mass is 9.93. The van der Waals surface area contributed by atoms with E-state index in [1.165, 1.54) is 25.3 Å². The Morgan fingerprint density at radius 2 is 2.00 bits per heavy atom. The Balaban J connectivity index is 1.51. The number of hydrogen-bond acceptors (Lipinski definition) is 1. The zero-order valence-electron chi connectivity index (χ0n) is 11.8. The standard InChI is InChI=1S/C17H21BrFN/c1-20-13(8-11-3-2-4-12(19)17(11)18)16-14-9-5-6-10(7-9)15(14)16/h2-4,9-10,13-16,20H,5-8H2,1H3. The molecule has 5 unspecified atom stereocenters. The zero-order valence-corrected chi connectivity index (χ0v) is 13.4. The fraction of sp³-hybridized carbons (Fsp3) is 0.647. The number of halogens is 2. The van der Waals surface area contributed by atoms with Crippen molar-refractivity contribution in [1.82, 2.24) is 5.32 Å². The minimum atomic E-state index is -0.145. The third-order valence-corrected chi connectivity index (χ3v) is 6.99. The predicted octanol–water partition coefficient (Wildman–Crippen LogP) is 4.01. The highest BCUT2D eigenvalue weighted by molar-refractivity contribution is 9.10. The van der Waals surface area contributed by atoms with Crippen LogP contribution in [0.1, 0.15) is 24.8 Å².